The second-order valence-corrected chi connectivity index (χ2v) is 7.57. The standard InChI is InChI=1S/C22H29N3O4/c1-22(2,3)25-21(27)16-8-6-7-9-17(16)23-14-20(26)24-13-15-10-11-18(28-4)19(12-15)29-5/h6-12,23H,13-14H2,1-5H3,(H,24,26)(H,25,27). The van der Waals surface area contributed by atoms with Crippen LogP contribution in [0.25, 0.3) is 0 Å². The molecule has 0 aromatic heterocycles. The third kappa shape index (κ3) is 6.71. The van der Waals surface area contributed by atoms with Gasteiger partial charge in [-0.15, -0.1) is 0 Å². The van der Waals surface area contributed by atoms with Crippen molar-refractivity contribution in [3.63, 3.8) is 0 Å². The first-order valence-electron chi connectivity index (χ1n) is 9.36. The summed E-state index contributed by atoms with van der Waals surface area (Å²) in [7, 11) is 3.14. The highest BCUT2D eigenvalue weighted by molar-refractivity contribution is 6.00. The summed E-state index contributed by atoms with van der Waals surface area (Å²) in [6.45, 7) is 6.16. The fourth-order valence-electron chi connectivity index (χ4n) is 2.67. The molecule has 0 aliphatic carbocycles. The zero-order valence-electron chi connectivity index (χ0n) is 17.6. The molecule has 3 N–H and O–H groups in total. The van der Waals surface area contributed by atoms with Gasteiger partial charge in [0.1, 0.15) is 0 Å². The molecule has 0 heterocycles. The molecule has 2 rings (SSSR count). The molecule has 156 valence electrons. The summed E-state index contributed by atoms with van der Waals surface area (Å²) in [6.07, 6.45) is 0. The number of benzene rings is 2. The van der Waals surface area contributed by atoms with E-state index in [4.69, 9.17) is 9.47 Å². The third-order valence-electron chi connectivity index (χ3n) is 4.04. The van der Waals surface area contributed by atoms with Crippen molar-refractivity contribution in [3.8, 4) is 11.5 Å². The largest absolute Gasteiger partial charge is 0.493 e. The van der Waals surface area contributed by atoms with E-state index in [9.17, 15) is 9.59 Å². The molecule has 0 unspecified atom stereocenters. The molecule has 0 radical (unpaired) electrons. The zero-order chi connectivity index (χ0) is 21.4. The topological polar surface area (TPSA) is 88.7 Å². The average molecular weight is 399 g/mol. The molecule has 0 atom stereocenters. The molecule has 0 saturated carbocycles. The van der Waals surface area contributed by atoms with Gasteiger partial charge in [-0.2, -0.15) is 0 Å². The van der Waals surface area contributed by atoms with E-state index >= 15 is 0 Å². The van der Waals surface area contributed by atoms with Crippen LogP contribution in [0.4, 0.5) is 5.69 Å². The van der Waals surface area contributed by atoms with Gasteiger partial charge in [-0.1, -0.05) is 18.2 Å². The SMILES string of the molecule is COc1ccc(CNC(=O)CNc2ccccc2C(=O)NC(C)(C)C)cc1OC. The lowest BCUT2D eigenvalue weighted by molar-refractivity contribution is -0.119. The lowest BCUT2D eigenvalue weighted by Gasteiger charge is -2.21. The van der Waals surface area contributed by atoms with Crippen LogP contribution in [0, 0.1) is 0 Å². The van der Waals surface area contributed by atoms with E-state index in [1.165, 1.54) is 0 Å². The Kier molecular flexibility index (Phi) is 7.47. The highest BCUT2D eigenvalue weighted by Crippen LogP contribution is 2.27. The molecular weight excluding hydrogens is 370 g/mol. The van der Waals surface area contributed by atoms with Gasteiger partial charge < -0.3 is 25.4 Å². The van der Waals surface area contributed by atoms with Gasteiger partial charge in [0.2, 0.25) is 5.91 Å². The fraction of sp³-hybridized carbons (Fsp3) is 0.364. The fourth-order valence-corrected chi connectivity index (χ4v) is 2.67. The number of ether oxygens (including phenoxy) is 2. The smallest absolute Gasteiger partial charge is 0.253 e. The monoisotopic (exact) mass is 399 g/mol. The van der Waals surface area contributed by atoms with Crippen molar-refractivity contribution >= 4 is 17.5 Å². The maximum absolute atomic E-state index is 12.5. The van der Waals surface area contributed by atoms with Crippen molar-refractivity contribution in [1.82, 2.24) is 10.6 Å². The van der Waals surface area contributed by atoms with Crippen LogP contribution in [0.2, 0.25) is 0 Å². The number of carbonyl (C=O) groups is 2. The minimum absolute atomic E-state index is 0.0487. The Balaban J connectivity index is 1.94. The van der Waals surface area contributed by atoms with E-state index in [0.717, 1.165) is 5.56 Å². The lowest BCUT2D eigenvalue weighted by Crippen LogP contribution is -2.41. The van der Waals surface area contributed by atoms with Gasteiger partial charge >= 0.3 is 0 Å². The second-order valence-electron chi connectivity index (χ2n) is 7.57. The van der Waals surface area contributed by atoms with E-state index in [-0.39, 0.29) is 23.9 Å². The van der Waals surface area contributed by atoms with Gasteiger partial charge in [-0.3, -0.25) is 9.59 Å². The number of hydrogen-bond acceptors (Lipinski definition) is 5. The van der Waals surface area contributed by atoms with Gasteiger partial charge in [-0.05, 0) is 50.6 Å². The zero-order valence-corrected chi connectivity index (χ0v) is 17.6. The van der Waals surface area contributed by atoms with Gasteiger partial charge in [-0.25, -0.2) is 0 Å². The second kappa shape index (κ2) is 9.82. The van der Waals surface area contributed by atoms with Crippen LogP contribution in [0.1, 0.15) is 36.7 Å². The Morgan fingerprint density at radius 2 is 1.66 bits per heavy atom. The van der Waals surface area contributed by atoms with Gasteiger partial charge in [0, 0.05) is 17.8 Å². The first-order chi connectivity index (χ1) is 13.7. The van der Waals surface area contributed by atoms with Crippen LogP contribution in [0.5, 0.6) is 11.5 Å². The third-order valence-corrected chi connectivity index (χ3v) is 4.04. The molecule has 0 aliphatic heterocycles. The first kappa shape index (κ1) is 22.1. The van der Waals surface area contributed by atoms with Crippen LogP contribution in [0.3, 0.4) is 0 Å². The van der Waals surface area contributed by atoms with Crippen molar-refractivity contribution in [1.29, 1.82) is 0 Å². The Bertz CT molecular complexity index is 859. The number of rotatable bonds is 8. The summed E-state index contributed by atoms with van der Waals surface area (Å²) < 4.78 is 10.5. The van der Waals surface area contributed by atoms with Crippen LogP contribution in [-0.4, -0.2) is 38.1 Å². The summed E-state index contributed by atoms with van der Waals surface area (Å²) in [6, 6.07) is 12.6. The number of para-hydroxylation sites is 1. The number of nitrogens with one attached hydrogen (secondary N) is 3. The van der Waals surface area contributed by atoms with Crippen LogP contribution < -0.4 is 25.4 Å². The highest BCUT2D eigenvalue weighted by Gasteiger charge is 2.18. The molecule has 0 aliphatic rings. The van der Waals surface area contributed by atoms with Gasteiger partial charge in [0.05, 0.1) is 26.3 Å². The van der Waals surface area contributed by atoms with E-state index in [0.29, 0.717) is 29.3 Å². The van der Waals surface area contributed by atoms with Crippen molar-refractivity contribution in [2.24, 2.45) is 0 Å². The van der Waals surface area contributed by atoms with Crippen molar-refractivity contribution in [2.45, 2.75) is 32.9 Å². The predicted molar refractivity (Wildman–Crippen MR) is 114 cm³/mol. The molecule has 7 heteroatoms. The summed E-state index contributed by atoms with van der Waals surface area (Å²) in [5, 5.41) is 8.81. The van der Waals surface area contributed by atoms with Crippen LogP contribution >= 0.6 is 0 Å². The number of amides is 2. The summed E-state index contributed by atoms with van der Waals surface area (Å²) in [5.41, 5.74) is 1.65. The summed E-state index contributed by atoms with van der Waals surface area (Å²) in [4.78, 5) is 24.7. The van der Waals surface area contributed by atoms with Crippen molar-refractivity contribution in [2.75, 3.05) is 26.1 Å². The molecule has 2 amide bonds. The van der Waals surface area contributed by atoms with E-state index < -0.39 is 0 Å². The van der Waals surface area contributed by atoms with E-state index in [1.807, 2.05) is 39.0 Å². The van der Waals surface area contributed by atoms with E-state index in [1.54, 1.807) is 38.5 Å². The molecule has 0 saturated heterocycles. The minimum Gasteiger partial charge on any atom is -0.493 e. The normalized spacial score (nSPS) is 10.8. The molecule has 7 nitrogen and oxygen atoms in total. The molecule has 2 aromatic carbocycles. The Morgan fingerprint density at radius 3 is 2.31 bits per heavy atom. The molecular formula is C22H29N3O4. The highest BCUT2D eigenvalue weighted by atomic mass is 16.5. The Hall–Kier alpha value is -3.22. The number of anilines is 1. The quantitative estimate of drug-likeness (QED) is 0.635. The molecule has 0 spiro atoms. The predicted octanol–water partition coefficient (Wildman–Crippen LogP) is 2.96. The molecule has 2 aromatic rings. The van der Waals surface area contributed by atoms with Crippen LogP contribution in [0.15, 0.2) is 42.5 Å². The van der Waals surface area contributed by atoms with Crippen molar-refractivity contribution < 1.29 is 19.1 Å². The molecule has 0 fully saturated rings. The van der Waals surface area contributed by atoms with Gasteiger partial charge in [0.25, 0.3) is 5.91 Å². The molecule has 0 bridgehead atoms. The maximum Gasteiger partial charge on any atom is 0.253 e. The van der Waals surface area contributed by atoms with Crippen LogP contribution in [-0.2, 0) is 11.3 Å². The lowest BCUT2D eigenvalue weighted by atomic mass is 10.1. The number of methoxy groups -OCH3 is 2. The number of hydrogen-bond donors (Lipinski definition) is 3. The number of carbonyl (C=O) groups excluding carboxylic acids is 2. The first-order valence-corrected chi connectivity index (χ1v) is 9.36. The summed E-state index contributed by atoms with van der Waals surface area (Å²) >= 11 is 0. The average Bonchev–Trinajstić information content (AvgIpc) is 2.69. The van der Waals surface area contributed by atoms with E-state index in [2.05, 4.69) is 16.0 Å². The van der Waals surface area contributed by atoms with Crippen molar-refractivity contribution in [3.05, 3.63) is 53.6 Å². The Labute approximate surface area is 171 Å². The minimum atomic E-state index is -0.346. The maximum atomic E-state index is 12.5. The Morgan fingerprint density at radius 1 is 0.966 bits per heavy atom. The summed E-state index contributed by atoms with van der Waals surface area (Å²) in [5.74, 6) is 0.864. The molecule has 29 heavy (non-hydrogen) atoms. The van der Waals surface area contributed by atoms with Gasteiger partial charge in [0.15, 0.2) is 11.5 Å².